The normalized spacial score (nSPS) is 24.1. The van der Waals surface area contributed by atoms with Crippen molar-refractivity contribution < 1.29 is 13.2 Å². The maximum Gasteiger partial charge on any atom is 0.420 e. The molecule has 9 heteroatoms. The summed E-state index contributed by atoms with van der Waals surface area (Å²) in [6.45, 7) is 2.03. The summed E-state index contributed by atoms with van der Waals surface area (Å²) < 4.78 is 38.5. The lowest BCUT2D eigenvalue weighted by Gasteiger charge is -2.30. The van der Waals surface area contributed by atoms with E-state index in [4.69, 9.17) is 11.6 Å². The van der Waals surface area contributed by atoms with Crippen molar-refractivity contribution in [1.82, 2.24) is 15.3 Å². The Kier molecular flexibility index (Phi) is 4.17. The number of halogens is 4. The van der Waals surface area contributed by atoms with Gasteiger partial charge in [-0.25, -0.2) is 9.97 Å². The number of aromatic nitrogens is 2. The van der Waals surface area contributed by atoms with Crippen molar-refractivity contribution in [1.29, 1.82) is 0 Å². The van der Waals surface area contributed by atoms with Crippen LogP contribution < -0.4 is 15.5 Å². The van der Waals surface area contributed by atoms with Crippen LogP contribution in [0.4, 0.5) is 30.5 Å². The predicted octanol–water partition coefficient (Wildman–Crippen LogP) is 4.32. The van der Waals surface area contributed by atoms with Crippen LogP contribution in [0.5, 0.6) is 0 Å². The second-order valence-corrected chi connectivity index (χ2v) is 8.07. The first-order valence-corrected chi connectivity index (χ1v) is 9.77. The molecule has 2 atom stereocenters. The molecule has 3 fully saturated rings. The topological polar surface area (TPSA) is 53.1 Å². The van der Waals surface area contributed by atoms with Crippen LogP contribution in [0.3, 0.4) is 0 Å². The molecule has 3 aliphatic rings. The number of nitrogens with zero attached hydrogens (tertiary/aromatic N) is 3. The van der Waals surface area contributed by atoms with E-state index in [-0.39, 0.29) is 5.95 Å². The van der Waals surface area contributed by atoms with Gasteiger partial charge in [0.25, 0.3) is 0 Å². The molecule has 5 nitrogen and oxygen atoms in total. The van der Waals surface area contributed by atoms with Crippen LogP contribution in [-0.4, -0.2) is 35.1 Å². The number of hydrogen-bond acceptors (Lipinski definition) is 5. The Bertz CT molecular complexity index is 915. The van der Waals surface area contributed by atoms with Crippen molar-refractivity contribution in [3.8, 4) is 0 Å². The molecule has 0 spiro atoms. The maximum absolute atomic E-state index is 12.8. The fourth-order valence-electron chi connectivity index (χ4n) is 4.18. The standard InChI is InChI=1S/C19H19ClF3N5/c20-17-15(19(21,22)23)8-25-18(27-17)26-16-4-3-12(6-14(16)10-1-2-10)28-9-11-5-13(28)7-24-11/h3-4,6,8,10-11,13,24H,1-2,5,7,9H2,(H,25,26,27)/t11-,13?/m0/s1. The number of rotatable bonds is 4. The highest BCUT2D eigenvalue weighted by molar-refractivity contribution is 6.30. The zero-order valence-corrected chi connectivity index (χ0v) is 15.7. The Morgan fingerprint density at radius 1 is 1.25 bits per heavy atom. The van der Waals surface area contributed by atoms with Gasteiger partial charge in [-0.2, -0.15) is 13.2 Å². The molecule has 5 rings (SSSR count). The number of anilines is 3. The molecule has 3 heterocycles. The number of benzene rings is 1. The number of alkyl halides is 3. The first kappa shape index (κ1) is 18.0. The maximum atomic E-state index is 12.8. The summed E-state index contributed by atoms with van der Waals surface area (Å²) in [5, 5.41) is 5.97. The lowest BCUT2D eigenvalue weighted by atomic mass is 10.1. The van der Waals surface area contributed by atoms with Crippen molar-refractivity contribution in [2.75, 3.05) is 23.3 Å². The average Bonchev–Trinajstić information content (AvgIpc) is 3.27. The van der Waals surface area contributed by atoms with Gasteiger partial charge in [0.05, 0.1) is 0 Å². The van der Waals surface area contributed by atoms with Crippen LogP contribution >= 0.6 is 11.6 Å². The van der Waals surface area contributed by atoms with E-state index in [9.17, 15) is 13.2 Å². The molecule has 2 N–H and O–H groups in total. The van der Waals surface area contributed by atoms with Gasteiger partial charge in [-0.3, -0.25) is 0 Å². The van der Waals surface area contributed by atoms with E-state index >= 15 is 0 Å². The fraction of sp³-hybridized carbons (Fsp3) is 0.474. The van der Waals surface area contributed by atoms with Crippen LogP contribution in [0.15, 0.2) is 24.4 Å². The highest BCUT2D eigenvalue weighted by atomic mass is 35.5. The van der Waals surface area contributed by atoms with Gasteiger partial charge in [-0.1, -0.05) is 11.6 Å². The van der Waals surface area contributed by atoms with Gasteiger partial charge in [0.2, 0.25) is 5.95 Å². The van der Waals surface area contributed by atoms with Crippen molar-refractivity contribution in [3.63, 3.8) is 0 Å². The molecule has 1 aromatic heterocycles. The van der Waals surface area contributed by atoms with Gasteiger partial charge in [0, 0.05) is 42.7 Å². The molecule has 0 radical (unpaired) electrons. The Labute approximate surface area is 165 Å². The third-order valence-corrected chi connectivity index (χ3v) is 6.02. The number of nitrogens with one attached hydrogen (secondary N) is 2. The van der Waals surface area contributed by atoms with E-state index in [2.05, 4.69) is 37.6 Å². The summed E-state index contributed by atoms with van der Waals surface area (Å²) in [4.78, 5) is 10.0. The Morgan fingerprint density at radius 2 is 2.07 bits per heavy atom. The minimum atomic E-state index is -4.57. The van der Waals surface area contributed by atoms with Gasteiger partial charge >= 0.3 is 6.18 Å². The fourth-order valence-corrected chi connectivity index (χ4v) is 4.42. The summed E-state index contributed by atoms with van der Waals surface area (Å²) in [5.41, 5.74) is 2.15. The molecule has 1 unspecified atom stereocenters. The largest absolute Gasteiger partial charge is 0.420 e. The molecule has 0 amide bonds. The Morgan fingerprint density at radius 3 is 2.68 bits per heavy atom. The predicted molar refractivity (Wildman–Crippen MR) is 101 cm³/mol. The highest BCUT2D eigenvalue weighted by Gasteiger charge is 2.38. The van der Waals surface area contributed by atoms with Crippen LogP contribution in [0.2, 0.25) is 5.15 Å². The van der Waals surface area contributed by atoms with E-state index in [0.717, 1.165) is 43.4 Å². The third-order valence-electron chi connectivity index (χ3n) is 5.73. The zero-order valence-electron chi connectivity index (χ0n) is 14.9. The number of hydrogen-bond donors (Lipinski definition) is 2. The third kappa shape index (κ3) is 3.28. The van der Waals surface area contributed by atoms with Crippen LogP contribution in [-0.2, 0) is 6.18 Å². The number of fused-ring (bicyclic) bond motifs is 2. The Balaban J connectivity index is 1.42. The second kappa shape index (κ2) is 6.49. The summed E-state index contributed by atoms with van der Waals surface area (Å²) in [7, 11) is 0. The van der Waals surface area contributed by atoms with Gasteiger partial charge in [0.15, 0.2) is 0 Å². The van der Waals surface area contributed by atoms with Gasteiger partial charge in [-0.05, 0) is 48.9 Å². The highest BCUT2D eigenvalue weighted by Crippen LogP contribution is 2.46. The molecule has 2 bridgehead atoms. The average molecular weight is 410 g/mol. The second-order valence-electron chi connectivity index (χ2n) is 7.71. The summed E-state index contributed by atoms with van der Waals surface area (Å²) in [6, 6.07) is 7.33. The van der Waals surface area contributed by atoms with E-state index in [0.29, 0.717) is 18.0 Å². The van der Waals surface area contributed by atoms with E-state index in [1.807, 2.05) is 6.07 Å². The smallest absolute Gasteiger partial charge is 0.366 e. The molecule has 1 aliphatic carbocycles. The lowest BCUT2D eigenvalue weighted by Crippen LogP contribution is -2.43. The van der Waals surface area contributed by atoms with E-state index in [1.165, 1.54) is 12.1 Å². The van der Waals surface area contributed by atoms with Crippen LogP contribution in [0, 0.1) is 0 Å². The molecule has 2 aliphatic heterocycles. The molecule has 28 heavy (non-hydrogen) atoms. The molecule has 1 saturated carbocycles. The molecular weight excluding hydrogens is 391 g/mol. The molecule has 2 saturated heterocycles. The van der Waals surface area contributed by atoms with Gasteiger partial charge < -0.3 is 15.5 Å². The van der Waals surface area contributed by atoms with Crippen molar-refractivity contribution in [2.45, 2.75) is 43.4 Å². The van der Waals surface area contributed by atoms with E-state index < -0.39 is 16.9 Å². The van der Waals surface area contributed by atoms with Gasteiger partial charge in [0.1, 0.15) is 10.7 Å². The van der Waals surface area contributed by atoms with Crippen molar-refractivity contribution in [3.05, 3.63) is 40.7 Å². The quantitative estimate of drug-likeness (QED) is 0.736. The summed E-state index contributed by atoms with van der Waals surface area (Å²) >= 11 is 5.72. The van der Waals surface area contributed by atoms with Gasteiger partial charge in [-0.15, -0.1) is 0 Å². The summed E-state index contributed by atoms with van der Waals surface area (Å²) in [5.74, 6) is 0.530. The minimum Gasteiger partial charge on any atom is -0.366 e. The Hall–Kier alpha value is -2.06. The molecule has 2 aromatic rings. The van der Waals surface area contributed by atoms with E-state index in [1.54, 1.807) is 0 Å². The minimum absolute atomic E-state index is 0.0667. The SMILES string of the molecule is FC(F)(F)c1cnc(Nc2ccc(N3C[C@@H]4CC3CN4)cc2C2CC2)nc1Cl. The molecular formula is C19H19ClF3N5. The molecule has 1 aromatic carbocycles. The van der Waals surface area contributed by atoms with Crippen molar-refractivity contribution >= 4 is 28.9 Å². The first-order valence-electron chi connectivity index (χ1n) is 9.39. The van der Waals surface area contributed by atoms with Crippen molar-refractivity contribution in [2.24, 2.45) is 0 Å². The number of piperazine rings is 1. The summed E-state index contributed by atoms with van der Waals surface area (Å²) in [6.07, 6.45) is -0.450. The zero-order chi connectivity index (χ0) is 19.5. The monoisotopic (exact) mass is 409 g/mol. The van der Waals surface area contributed by atoms with Crippen LogP contribution in [0.25, 0.3) is 0 Å². The lowest BCUT2D eigenvalue weighted by molar-refractivity contribution is -0.137. The van der Waals surface area contributed by atoms with Crippen LogP contribution in [0.1, 0.15) is 36.3 Å². The molecule has 148 valence electrons. The first-order chi connectivity index (χ1) is 13.4.